The highest BCUT2D eigenvalue weighted by molar-refractivity contribution is 9.09. The number of nitrogens with zero attached hydrogens (tertiary/aromatic N) is 3. The number of carbonyl (C=O) groups excluding carboxylic acids is 8. The molecule has 1 aromatic heterocycles. The molecule has 22 nitrogen and oxygen atoms in total. The van der Waals surface area contributed by atoms with E-state index >= 15 is 0 Å². The number of hydrogen-bond acceptors (Lipinski definition) is 18. The van der Waals surface area contributed by atoms with Crippen LogP contribution in [0.3, 0.4) is 0 Å². The number of nitrogens with one attached hydrogen (secondary N) is 3. The summed E-state index contributed by atoms with van der Waals surface area (Å²) in [6, 6.07) is -2.77. The maximum atomic E-state index is 12.7. The second-order valence-electron chi connectivity index (χ2n) is 12.1. The van der Waals surface area contributed by atoms with E-state index in [0.29, 0.717) is 0 Å². The van der Waals surface area contributed by atoms with E-state index in [9.17, 15) is 38.4 Å². The first-order chi connectivity index (χ1) is 25.4. The molecule has 3 rings (SSSR count). The second kappa shape index (κ2) is 20.1. The Morgan fingerprint density at radius 1 is 0.704 bits per heavy atom. The summed E-state index contributed by atoms with van der Waals surface area (Å²) >= 11 is 3.05. The number of rotatable bonds is 15. The molecule has 0 aliphatic carbocycles. The molecule has 0 bridgehead atoms. The van der Waals surface area contributed by atoms with Gasteiger partial charge in [-0.15, -0.1) is 5.10 Å². The Labute approximate surface area is 317 Å². The van der Waals surface area contributed by atoms with E-state index in [0.717, 1.165) is 41.5 Å². The van der Waals surface area contributed by atoms with Gasteiger partial charge in [-0.25, -0.2) is 4.68 Å². The Kier molecular flexibility index (Phi) is 16.2. The zero-order valence-electron chi connectivity index (χ0n) is 30.4. The van der Waals surface area contributed by atoms with Crippen molar-refractivity contribution in [1.29, 1.82) is 0 Å². The number of amides is 3. The van der Waals surface area contributed by atoms with E-state index in [-0.39, 0.29) is 23.5 Å². The molecule has 2 aliphatic heterocycles. The van der Waals surface area contributed by atoms with Gasteiger partial charge in [0, 0.05) is 48.5 Å². The van der Waals surface area contributed by atoms with Crippen LogP contribution in [-0.4, -0.2) is 136 Å². The first-order valence-corrected chi connectivity index (χ1v) is 17.5. The molecule has 2 aliphatic rings. The lowest BCUT2D eigenvalue weighted by atomic mass is 9.93. The van der Waals surface area contributed by atoms with Crippen molar-refractivity contribution in [3.8, 4) is 0 Å². The van der Waals surface area contributed by atoms with E-state index in [4.69, 9.17) is 37.9 Å². The number of hydrogen-bond donors (Lipinski definition) is 3. The first-order valence-electron chi connectivity index (χ1n) is 16.4. The molecule has 0 radical (unpaired) electrons. The lowest BCUT2D eigenvalue weighted by Gasteiger charge is -2.49. The number of esters is 5. The van der Waals surface area contributed by atoms with E-state index < -0.39 is 116 Å². The fourth-order valence-corrected chi connectivity index (χ4v) is 5.88. The molecule has 23 heteroatoms. The van der Waals surface area contributed by atoms with Crippen LogP contribution in [0.15, 0.2) is 6.20 Å². The minimum atomic E-state index is -1.69. The fourth-order valence-electron chi connectivity index (χ4n) is 5.68. The van der Waals surface area contributed by atoms with Crippen molar-refractivity contribution in [2.75, 3.05) is 18.5 Å². The maximum absolute atomic E-state index is 12.7. The Hall–Kier alpha value is -4.74. The van der Waals surface area contributed by atoms with Crippen molar-refractivity contribution in [3.05, 3.63) is 11.9 Å². The summed E-state index contributed by atoms with van der Waals surface area (Å²) in [5, 5.41) is 16.0. The summed E-state index contributed by atoms with van der Waals surface area (Å²) in [6.07, 6.45) is -10.3. The Morgan fingerprint density at radius 2 is 1.20 bits per heavy atom. The number of aromatic nitrogens is 3. The van der Waals surface area contributed by atoms with Gasteiger partial charge in [0.1, 0.15) is 49.3 Å². The predicted molar refractivity (Wildman–Crippen MR) is 178 cm³/mol. The van der Waals surface area contributed by atoms with Gasteiger partial charge in [-0.05, 0) is 0 Å². The van der Waals surface area contributed by atoms with Crippen molar-refractivity contribution in [2.45, 2.75) is 116 Å². The van der Waals surface area contributed by atoms with E-state index in [1.165, 1.54) is 17.8 Å². The smallest absolute Gasteiger partial charge is 0.303 e. The average Bonchev–Trinajstić information content (AvgIpc) is 3.54. The lowest BCUT2D eigenvalue weighted by Crippen LogP contribution is -2.69. The molecule has 0 unspecified atom stereocenters. The molecule has 3 heterocycles. The van der Waals surface area contributed by atoms with Gasteiger partial charge in [-0.3, -0.25) is 38.4 Å². The van der Waals surface area contributed by atoms with Crippen molar-refractivity contribution in [3.63, 3.8) is 0 Å². The summed E-state index contributed by atoms with van der Waals surface area (Å²) < 4.78 is 47.3. The molecule has 54 heavy (non-hydrogen) atoms. The van der Waals surface area contributed by atoms with Gasteiger partial charge in [0.2, 0.25) is 17.7 Å². The van der Waals surface area contributed by atoms with Crippen LogP contribution in [0.25, 0.3) is 0 Å². The van der Waals surface area contributed by atoms with Crippen molar-refractivity contribution < 1.29 is 76.3 Å². The SMILES string of the molecule is CC(=O)N[C@@H]1[C@@H](OC(C)=O)[C@H](O[C@@H]2O[C@H](COC(C)=O)[C@@H](OC(C)=O)[C@H](OC(C)=O)[C@H]2NC(C)=O)[C@@H](COC(C)=O)O[C@H]1n1cc(CNC(=O)CBr)nn1. The van der Waals surface area contributed by atoms with Gasteiger partial charge in [0.05, 0.1) is 18.1 Å². The first kappa shape index (κ1) is 43.7. The monoisotopic (exact) mass is 834 g/mol. The van der Waals surface area contributed by atoms with Crippen LogP contribution >= 0.6 is 15.9 Å². The van der Waals surface area contributed by atoms with Gasteiger partial charge < -0.3 is 53.8 Å². The zero-order chi connectivity index (χ0) is 40.3. The van der Waals surface area contributed by atoms with E-state index in [1.807, 2.05) is 0 Å². The Balaban J connectivity index is 2.17. The van der Waals surface area contributed by atoms with Crippen molar-refractivity contribution in [2.24, 2.45) is 0 Å². The average molecular weight is 836 g/mol. The van der Waals surface area contributed by atoms with Gasteiger partial charge in [-0.2, -0.15) is 0 Å². The third-order valence-corrected chi connectivity index (χ3v) is 8.07. The summed E-state index contributed by atoms with van der Waals surface area (Å²) in [7, 11) is 0. The topological polar surface area (TPSA) is 277 Å². The van der Waals surface area contributed by atoms with Crippen LogP contribution in [0.2, 0.25) is 0 Å². The fraction of sp³-hybridized carbons (Fsp3) is 0.677. The molecule has 0 spiro atoms. The van der Waals surface area contributed by atoms with Crippen LogP contribution in [-0.2, 0) is 82.8 Å². The summed E-state index contributed by atoms with van der Waals surface area (Å²) in [5.74, 6) is -5.65. The van der Waals surface area contributed by atoms with Gasteiger partial charge >= 0.3 is 29.8 Å². The number of ether oxygens (including phenoxy) is 8. The summed E-state index contributed by atoms with van der Waals surface area (Å²) in [5.41, 5.74) is 0.278. The van der Waals surface area contributed by atoms with Gasteiger partial charge in [0.25, 0.3) is 0 Å². The van der Waals surface area contributed by atoms with Gasteiger partial charge in [-0.1, -0.05) is 21.1 Å². The highest BCUT2D eigenvalue weighted by atomic mass is 79.9. The molecule has 0 saturated carbocycles. The highest BCUT2D eigenvalue weighted by Crippen LogP contribution is 2.36. The van der Waals surface area contributed by atoms with Crippen molar-refractivity contribution >= 4 is 63.5 Å². The largest absolute Gasteiger partial charge is 0.463 e. The molecular formula is C31H43BrN6O16. The highest BCUT2D eigenvalue weighted by Gasteiger charge is 2.56. The normalized spacial score (nSPS) is 27.7. The number of alkyl halides is 1. The molecular weight excluding hydrogens is 792 g/mol. The minimum Gasteiger partial charge on any atom is -0.463 e. The number of carbonyl (C=O) groups is 8. The quantitative estimate of drug-likeness (QED) is 0.100. The minimum absolute atomic E-state index is 0.0325. The van der Waals surface area contributed by atoms with E-state index in [2.05, 4.69) is 42.2 Å². The van der Waals surface area contributed by atoms with Crippen LogP contribution in [0.5, 0.6) is 0 Å². The van der Waals surface area contributed by atoms with Crippen LogP contribution in [0.1, 0.15) is 60.4 Å². The molecule has 0 aromatic carbocycles. The number of halogens is 1. The third-order valence-electron chi connectivity index (χ3n) is 7.56. The maximum Gasteiger partial charge on any atom is 0.303 e. The Bertz CT molecular complexity index is 1560. The van der Waals surface area contributed by atoms with Crippen LogP contribution in [0.4, 0.5) is 0 Å². The molecule has 300 valence electrons. The summed E-state index contributed by atoms with van der Waals surface area (Å²) in [6.45, 7) is 6.65. The Morgan fingerprint density at radius 3 is 1.70 bits per heavy atom. The van der Waals surface area contributed by atoms with Crippen LogP contribution in [0, 0.1) is 0 Å². The van der Waals surface area contributed by atoms with Crippen LogP contribution < -0.4 is 16.0 Å². The van der Waals surface area contributed by atoms with Gasteiger partial charge in [0.15, 0.2) is 30.8 Å². The standard InChI is InChI=1S/C31H43BrN6O16/c1-13(39)34-24-28(50-18(6)44)27(21(11-47-15(3)41)52-30(24)38-10-20(36-37-38)9-33-23(46)8-32)54-31-25(35-14(2)40)29(51-19(7)45)26(49-17(5)43)22(53-31)12-48-16(4)42/h10,21-22,24-31H,8-9,11-12H2,1-7H3,(H,33,46)(H,34,39)(H,35,40)/t21-,22-,24-,25-,26-,27-,28-,29-,30-,31+/m1/s1. The lowest BCUT2D eigenvalue weighted by molar-refractivity contribution is -0.322. The molecule has 3 amide bonds. The predicted octanol–water partition coefficient (Wildman–Crippen LogP) is -1.77. The molecule has 3 N–H and O–H groups in total. The third kappa shape index (κ3) is 12.7. The van der Waals surface area contributed by atoms with E-state index in [1.54, 1.807) is 0 Å². The molecule has 1 aromatic rings. The summed E-state index contributed by atoms with van der Waals surface area (Å²) in [4.78, 5) is 98.1. The second-order valence-corrected chi connectivity index (χ2v) is 12.6. The molecule has 2 fully saturated rings. The van der Waals surface area contributed by atoms with Crippen molar-refractivity contribution in [1.82, 2.24) is 30.9 Å². The zero-order valence-corrected chi connectivity index (χ0v) is 32.0. The molecule has 2 saturated heterocycles. The molecule has 10 atom stereocenters.